The number of carbonyl (C=O) groups excluding carboxylic acids is 1. The third-order valence-corrected chi connectivity index (χ3v) is 3.56. The molecule has 16 heavy (non-hydrogen) atoms. The summed E-state index contributed by atoms with van der Waals surface area (Å²) in [6, 6.07) is 0.0182. The molecule has 5 nitrogen and oxygen atoms in total. The first-order valence-corrected chi connectivity index (χ1v) is 5.85. The maximum atomic E-state index is 11.9. The van der Waals surface area contributed by atoms with Crippen LogP contribution in [0, 0.1) is 5.41 Å². The number of amidine groups is 1. The van der Waals surface area contributed by atoms with Gasteiger partial charge in [-0.2, -0.15) is 0 Å². The van der Waals surface area contributed by atoms with Crippen molar-refractivity contribution in [3.63, 3.8) is 0 Å². The van der Waals surface area contributed by atoms with E-state index in [1.54, 1.807) is 0 Å². The van der Waals surface area contributed by atoms with Gasteiger partial charge in [-0.05, 0) is 40.3 Å². The predicted molar refractivity (Wildman–Crippen MR) is 62.7 cm³/mol. The summed E-state index contributed by atoms with van der Waals surface area (Å²) >= 11 is 0. The van der Waals surface area contributed by atoms with Gasteiger partial charge in [0.15, 0.2) is 0 Å². The van der Waals surface area contributed by atoms with E-state index in [2.05, 4.69) is 17.3 Å². The van der Waals surface area contributed by atoms with Gasteiger partial charge >= 0.3 is 6.03 Å². The quantitative estimate of drug-likeness (QED) is 0.694. The fourth-order valence-corrected chi connectivity index (χ4v) is 2.97. The standard InChI is InChI=1S/C11H20N4O/c1-8(2)15-10(16)13-9(12)11(15)5-4-6-14(3)7-11/h8H,4-7H2,1-3H3,(H2,12,13,16). The average molecular weight is 224 g/mol. The second kappa shape index (κ2) is 3.73. The van der Waals surface area contributed by atoms with Crippen LogP contribution in [0.15, 0.2) is 0 Å². The van der Waals surface area contributed by atoms with Crippen LogP contribution in [0.5, 0.6) is 0 Å². The lowest BCUT2D eigenvalue weighted by Crippen LogP contribution is -2.60. The minimum Gasteiger partial charge on any atom is -0.308 e. The minimum atomic E-state index is -0.405. The van der Waals surface area contributed by atoms with Gasteiger partial charge in [0.1, 0.15) is 11.4 Å². The average Bonchev–Trinajstić information content (AvgIpc) is 2.37. The number of likely N-dealkylation sites (tertiary alicyclic amines) is 1. The van der Waals surface area contributed by atoms with E-state index in [4.69, 9.17) is 5.41 Å². The summed E-state index contributed by atoms with van der Waals surface area (Å²) in [6.45, 7) is 5.83. The molecule has 2 saturated heterocycles. The number of hydrogen-bond donors (Lipinski definition) is 2. The van der Waals surface area contributed by atoms with E-state index < -0.39 is 5.54 Å². The molecular formula is C11H20N4O. The highest BCUT2D eigenvalue weighted by Gasteiger charge is 2.52. The van der Waals surface area contributed by atoms with Crippen molar-refractivity contribution in [3.8, 4) is 0 Å². The molecule has 2 aliphatic rings. The normalized spacial score (nSPS) is 31.6. The lowest BCUT2D eigenvalue weighted by molar-refractivity contribution is 0.0877. The van der Waals surface area contributed by atoms with Gasteiger partial charge in [0.05, 0.1) is 0 Å². The molecule has 2 aliphatic heterocycles. The molecule has 2 heterocycles. The molecule has 1 unspecified atom stereocenters. The number of rotatable bonds is 1. The van der Waals surface area contributed by atoms with Crippen LogP contribution < -0.4 is 5.32 Å². The number of urea groups is 1. The van der Waals surface area contributed by atoms with Gasteiger partial charge in [-0.3, -0.25) is 10.7 Å². The van der Waals surface area contributed by atoms with E-state index >= 15 is 0 Å². The van der Waals surface area contributed by atoms with Crippen LogP contribution in [0.3, 0.4) is 0 Å². The number of likely N-dealkylation sites (N-methyl/N-ethyl adjacent to an activating group) is 1. The Kier molecular flexibility index (Phi) is 2.66. The Morgan fingerprint density at radius 1 is 1.50 bits per heavy atom. The molecule has 1 spiro atoms. The van der Waals surface area contributed by atoms with Crippen molar-refractivity contribution in [1.82, 2.24) is 15.1 Å². The summed E-state index contributed by atoms with van der Waals surface area (Å²) in [7, 11) is 2.05. The zero-order valence-corrected chi connectivity index (χ0v) is 10.2. The molecule has 0 aromatic rings. The Morgan fingerprint density at radius 2 is 2.19 bits per heavy atom. The highest BCUT2D eigenvalue weighted by Crippen LogP contribution is 2.33. The zero-order valence-electron chi connectivity index (χ0n) is 10.2. The fraction of sp³-hybridized carbons (Fsp3) is 0.818. The molecule has 5 heteroatoms. The van der Waals surface area contributed by atoms with Gasteiger partial charge in [-0.1, -0.05) is 0 Å². The van der Waals surface area contributed by atoms with Crippen molar-refractivity contribution >= 4 is 11.9 Å². The van der Waals surface area contributed by atoms with Gasteiger partial charge in [0, 0.05) is 12.6 Å². The first-order chi connectivity index (χ1) is 7.47. The number of nitrogens with one attached hydrogen (secondary N) is 2. The van der Waals surface area contributed by atoms with E-state index in [0.717, 1.165) is 25.9 Å². The summed E-state index contributed by atoms with van der Waals surface area (Å²) in [5, 5.41) is 10.7. The molecule has 1 atom stereocenters. The summed E-state index contributed by atoms with van der Waals surface area (Å²) in [5.74, 6) is 0.373. The van der Waals surface area contributed by atoms with Crippen LogP contribution in [0.4, 0.5) is 4.79 Å². The molecular weight excluding hydrogens is 204 g/mol. The molecule has 2 rings (SSSR count). The first kappa shape index (κ1) is 11.4. The van der Waals surface area contributed by atoms with Crippen LogP contribution in [0.2, 0.25) is 0 Å². The molecule has 90 valence electrons. The first-order valence-electron chi connectivity index (χ1n) is 5.85. The molecule has 2 N–H and O–H groups in total. The van der Waals surface area contributed by atoms with Crippen LogP contribution in [-0.2, 0) is 0 Å². The summed E-state index contributed by atoms with van der Waals surface area (Å²) in [5.41, 5.74) is -0.405. The number of carbonyl (C=O) groups is 1. The number of hydrogen-bond acceptors (Lipinski definition) is 3. The van der Waals surface area contributed by atoms with E-state index in [-0.39, 0.29) is 12.1 Å². The highest BCUT2D eigenvalue weighted by atomic mass is 16.2. The van der Waals surface area contributed by atoms with Gasteiger partial charge in [-0.25, -0.2) is 4.79 Å². The summed E-state index contributed by atoms with van der Waals surface area (Å²) < 4.78 is 0. The van der Waals surface area contributed by atoms with E-state index in [1.807, 2.05) is 18.7 Å². The second-order valence-corrected chi connectivity index (χ2v) is 5.14. The third kappa shape index (κ3) is 1.50. The van der Waals surface area contributed by atoms with Gasteiger partial charge in [-0.15, -0.1) is 0 Å². The van der Waals surface area contributed by atoms with E-state index in [1.165, 1.54) is 0 Å². The number of amides is 2. The highest BCUT2D eigenvalue weighted by molar-refractivity contribution is 6.08. The maximum Gasteiger partial charge on any atom is 0.323 e. The van der Waals surface area contributed by atoms with Crippen LogP contribution in [0.1, 0.15) is 26.7 Å². The van der Waals surface area contributed by atoms with Crippen molar-refractivity contribution in [2.75, 3.05) is 20.1 Å². The van der Waals surface area contributed by atoms with Crippen molar-refractivity contribution < 1.29 is 4.79 Å². The maximum absolute atomic E-state index is 11.9. The predicted octanol–water partition coefficient (Wildman–Crippen LogP) is 0.862. The third-order valence-electron chi connectivity index (χ3n) is 3.56. The van der Waals surface area contributed by atoms with Crippen LogP contribution in [0.25, 0.3) is 0 Å². The molecule has 0 saturated carbocycles. The molecule has 0 bridgehead atoms. The molecule has 0 aliphatic carbocycles. The smallest absolute Gasteiger partial charge is 0.308 e. The van der Waals surface area contributed by atoms with Crippen molar-refractivity contribution in [2.45, 2.75) is 38.3 Å². The fourth-order valence-electron chi connectivity index (χ4n) is 2.97. The largest absolute Gasteiger partial charge is 0.323 e. The summed E-state index contributed by atoms with van der Waals surface area (Å²) in [4.78, 5) is 15.9. The van der Waals surface area contributed by atoms with Gasteiger partial charge in [0.2, 0.25) is 0 Å². The lowest BCUT2D eigenvalue weighted by atomic mass is 9.86. The topological polar surface area (TPSA) is 59.4 Å². The Labute approximate surface area is 96.3 Å². The molecule has 0 aromatic carbocycles. The molecule has 2 fully saturated rings. The lowest BCUT2D eigenvalue weighted by Gasteiger charge is -2.44. The van der Waals surface area contributed by atoms with Gasteiger partial charge in [0.25, 0.3) is 0 Å². The van der Waals surface area contributed by atoms with E-state index in [0.29, 0.717) is 5.84 Å². The molecule has 0 aromatic heterocycles. The van der Waals surface area contributed by atoms with Gasteiger partial charge < -0.3 is 9.80 Å². The Hall–Kier alpha value is -1.10. The molecule has 0 radical (unpaired) electrons. The van der Waals surface area contributed by atoms with Crippen molar-refractivity contribution in [1.29, 1.82) is 5.41 Å². The van der Waals surface area contributed by atoms with Crippen LogP contribution in [-0.4, -0.2) is 53.4 Å². The Balaban J connectivity index is 2.34. The number of piperidine rings is 1. The summed E-state index contributed by atoms with van der Waals surface area (Å²) in [6.07, 6.45) is 1.93. The van der Waals surface area contributed by atoms with Crippen LogP contribution >= 0.6 is 0 Å². The minimum absolute atomic E-state index is 0.115. The SMILES string of the molecule is CC(C)N1C(=O)NC(=N)C12CCCN(C)C2. The Bertz CT molecular complexity index is 328. The zero-order chi connectivity index (χ0) is 11.9. The Morgan fingerprint density at radius 3 is 2.75 bits per heavy atom. The van der Waals surface area contributed by atoms with E-state index in [9.17, 15) is 4.79 Å². The number of nitrogens with zero attached hydrogens (tertiary/aromatic N) is 2. The monoisotopic (exact) mass is 224 g/mol. The second-order valence-electron chi connectivity index (χ2n) is 5.14. The molecule has 2 amide bonds. The van der Waals surface area contributed by atoms with Crippen molar-refractivity contribution in [2.24, 2.45) is 0 Å². The van der Waals surface area contributed by atoms with Crippen molar-refractivity contribution in [3.05, 3.63) is 0 Å².